The molecule has 0 radical (unpaired) electrons. The van der Waals surface area contributed by atoms with Gasteiger partial charge >= 0.3 is 0 Å². The van der Waals surface area contributed by atoms with Crippen LogP contribution >= 0.6 is 0 Å². The third kappa shape index (κ3) is 5.07. The zero-order valence-corrected chi connectivity index (χ0v) is 15.7. The van der Waals surface area contributed by atoms with Gasteiger partial charge in [-0.1, -0.05) is 45.0 Å². The molecule has 0 atom stereocenters. The third-order valence-corrected chi connectivity index (χ3v) is 4.00. The summed E-state index contributed by atoms with van der Waals surface area (Å²) >= 11 is 0. The molecule has 1 N–H and O–H groups in total. The molecule has 0 saturated heterocycles. The van der Waals surface area contributed by atoms with Crippen molar-refractivity contribution in [2.24, 2.45) is 20.5 Å². The number of benzene rings is 3. The molecule has 0 amide bonds. The maximum Gasteiger partial charge on any atom is 0.143 e. The van der Waals surface area contributed by atoms with E-state index in [9.17, 15) is 5.11 Å². The minimum Gasteiger partial charge on any atom is -0.506 e. The summed E-state index contributed by atoms with van der Waals surface area (Å²) in [6.45, 7) is 6.34. The minimum atomic E-state index is -0.0244. The quantitative estimate of drug-likeness (QED) is 0.481. The van der Waals surface area contributed by atoms with E-state index in [2.05, 4.69) is 41.2 Å². The standard InChI is InChI=1S/C22H22N4O/c1-22(2,3)16-9-14-21(27)20(15-16)26-25-19-12-10-18(11-13-19)24-23-17-7-5-4-6-8-17/h4-15,27H,1-3H3. The van der Waals surface area contributed by atoms with E-state index in [1.54, 1.807) is 6.07 Å². The maximum absolute atomic E-state index is 10.0. The Kier molecular flexibility index (Phi) is 5.41. The third-order valence-electron chi connectivity index (χ3n) is 4.00. The molecule has 0 aliphatic rings. The van der Waals surface area contributed by atoms with Gasteiger partial charge in [0.1, 0.15) is 11.4 Å². The molecule has 0 saturated carbocycles. The Labute approximate surface area is 159 Å². The fourth-order valence-electron chi connectivity index (χ4n) is 2.38. The van der Waals surface area contributed by atoms with Crippen molar-refractivity contribution in [1.29, 1.82) is 0 Å². The van der Waals surface area contributed by atoms with Gasteiger partial charge in [-0.25, -0.2) is 0 Å². The van der Waals surface area contributed by atoms with Crippen LogP contribution in [0.1, 0.15) is 26.3 Å². The van der Waals surface area contributed by atoms with Crippen LogP contribution in [0, 0.1) is 0 Å². The Morgan fingerprint density at radius 1 is 0.630 bits per heavy atom. The summed E-state index contributed by atoms with van der Waals surface area (Å²) in [7, 11) is 0. The molecule has 0 aliphatic heterocycles. The SMILES string of the molecule is CC(C)(C)c1ccc(O)c(N=Nc2ccc(N=Nc3ccccc3)cc2)c1. The first-order valence-corrected chi connectivity index (χ1v) is 8.74. The van der Waals surface area contributed by atoms with Crippen LogP contribution in [0.3, 0.4) is 0 Å². The van der Waals surface area contributed by atoms with Crippen LogP contribution in [-0.4, -0.2) is 5.11 Å². The Balaban J connectivity index is 1.74. The van der Waals surface area contributed by atoms with Crippen LogP contribution in [0.5, 0.6) is 5.75 Å². The number of phenolic OH excluding ortho intramolecular Hbond substituents is 1. The van der Waals surface area contributed by atoms with Gasteiger partial charge in [0.15, 0.2) is 0 Å². The normalized spacial score (nSPS) is 12.1. The number of aromatic hydroxyl groups is 1. The first-order valence-electron chi connectivity index (χ1n) is 8.74. The Bertz CT molecular complexity index is 956. The zero-order valence-electron chi connectivity index (χ0n) is 15.7. The molecular weight excluding hydrogens is 336 g/mol. The summed E-state index contributed by atoms with van der Waals surface area (Å²) in [6, 6.07) is 22.3. The highest BCUT2D eigenvalue weighted by Gasteiger charge is 2.15. The van der Waals surface area contributed by atoms with E-state index in [1.165, 1.54) is 0 Å². The lowest BCUT2D eigenvalue weighted by atomic mass is 9.87. The molecule has 0 aliphatic carbocycles. The molecule has 5 heteroatoms. The van der Waals surface area contributed by atoms with Gasteiger partial charge in [-0.15, -0.1) is 5.11 Å². The molecular formula is C22H22N4O. The number of nitrogens with zero attached hydrogens (tertiary/aromatic N) is 4. The van der Waals surface area contributed by atoms with E-state index in [-0.39, 0.29) is 11.2 Å². The summed E-state index contributed by atoms with van der Waals surface area (Å²) in [5.41, 5.74) is 3.73. The van der Waals surface area contributed by atoms with E-state index in [0.29, 0.717) is 11.4 Å². The fraction of sp³-hybridized carbons (Fsp3) is 0.182. The summed E-state index contributed by atoms with van der Waals surface area (Å²) < 4.78 is 0. The lowest BCUT2D eigenvalue weighted by molar-refractivity contribution is 0.475. The Hall–Kier alpha value is -3.34. The molecule has 0 heterocycles. The summed E-state index contributed by atoms with van der Waals surface area (Å²) in [6.07, 6.45) is 0. The summed E-state index contributed by atoms with van der Waals surface area (Å²) in [5, 5.41) is 26.8. The second-order valence-electron chi connectivity index (χ2n) is 7.21. The van der Waals surface area contributed by atoms with Gasteiger partial charge in [-0.05, 0) is 59.5 Å². The molecule has 3 rings (SSSR count). The molecule has 0 fully saturated rings. The van der Waals surface area contributed by atoms with Crippen LogP contribution < -0.4 is 0 Å². The van der Waals surface area contributed by atoms with Gasteiger partial charge in [0.25, 0.3) is 0 Å². The number of hydrogen-bond donors (Lipinski definition) is 1. The highest BCUT2D eigenvalue weighted by atomic mass is 16.3. The molecule has 0 bridgehead atoms. The van der Waals surface area contributed by atoms with Crippen LogP contribution in [0.25, 0.3) is 0 Å². The van der Waals surface area contributed by atoms with E-state index in [1.807, 2.05) is 66.7 Å². The zero-order chi connectivity index (χ0) is 19.3. The maximum atomic E-state index is 10.0. The van der Waals surface area contributed by atoms with Crippen LogP contribution in [-0.2, 0) is 5.41 Å². The van der Waals surface area contributed by atoms with Gasteiger partial charge in [0.05, 0.1) is 17.1 Å². The van der Waals surface area contributed by atoms with Crippen molar-refractivity contribution in [2.75, 3.05) is 0 Å². The molecule has 27 heavy (non-hydrogen) atoms. The molecule has 0 unspecified atom stereocenters. The predicted octanol–water partition coefficient (Wildman–Crippen LogP) is 7.52. The Morgan fingerprint density at radius 3 is 1.70 bits per heavy atom. The van der Waals surface area contributed by atoms with E-state index < -0.39 is 0 Å². The summed E-state index contributed by atoms with van der Waals surface area (Å²) in [5.74, 6) is 0.111. The van der Waals surface area contributed by atoms with E-state index in [0.717, 1.165) is 16.9 Å². The van der Waals surface area contributed by atoms with Gasteiger partial charge in [0.2, 0.25) is 0 Å². The molecule has 5 nitrogen and oxygen atoms in total. The number of phenols is 1. The average Bonchev–Trinajstić information content (AvgIpc) is 2.66. The first-order chi connectivity index (χ1) is 12.9. The van der Waals surface area contributed by atoms with Gasteiger partial charge in [0, 0.05) is 0 Å². The van der Waals surface area contributed by atoms with Crippen LogP contribution in [0.4, 0.5) is 22.7 Å². The monoisotopic (exact) mass is 358 g/mol. The topological polar surface area (TPSA) is 69.7 Å². The van der Waals surface area contributed by atoms with Crippen LogP contribution in [0.2, 0.25) is 0 Å². The number of hydrogen-bond acceptors (Lipinski definition) is 5. The van der Waals surface area contributed by atoms with Crippen molar-refractivity contribution < 1.29 is 5.11 Å². The van der Waals surface area contributed by atoms with Crippen LogP contribution in [0.15, 0.2) is 93.3 Å². The lowest BCUT2D eigenvalue weighted by Crippen LogP contribution is -2.10. The van der Waals surface area contributed by atoms with Gasteiger partial charge < -0.3 is 5.11 Å². The lowest BCUT2D eigenvalue weighted by Gasteiger charge is -2.19. The fourth-order valence-corrected chi connectivity index (χ4v) is 2.38. The van der Waals surface area contributed by atoms with Crippen molar-refractivity contribution in [1.82, 2.24) is 0 Å². The van der Waals surface area contributed by atoms with Crippen molar-refractivity contribution in [2.45, 2.75) is 26.2 Å². The Morgan fingerprint density at radius 2 is 1.15 bits per heavy atom. The number of azo groups is 2. The van der Waals surface area contributed by atoms with Crippen molar-refractivity contribution in [3.63, 3.8) is 0 Å². The number of rotatable bonds is 4. The predicted molar refractivity (Wildman–Crippen MR) is 108 cm³/mol. The van der Waals surface area contributed by atoms with Crippen molar-refractivity contribution >= 4 is 22.7 Å². The molecule has 0 aromatic heterocycles. The van der Waals surface area contributed by atoms with E-state index in [4.69, 9.17) is 0 Å². The molecule has 3 aromatic rings. The largest absolute Gasteiger partial charge is 0.506 e. The van der Waals surface area contributed by atoms with Gasteiger partial charge in [-0.2, -0.15) is 15.3 Å². The van der Waals surface area contributed by atoms with Gasteiger partial charge in [-0.3, -0.25) is 0 Å². The van der Waals surface area contributed by atoms with Crippen molar-refractivity contribution in [3.8, 4) is 5.75 Å². The first kappa shape index (κ1) is 18.5. The molecule has 0 spiro atoms. The highest BCUT2D eigenvalue weighted by molar-refractivity contribution is 5.54. The second kappa shape index (κ2) is 7.91. The summed E-state index contributed by atoms with van der Waals surface area (Å²) in [4.78, 5) is 0. The minimum absolute atomic E-state index is 0.0244. The molecule has 136 valence electrons. The molecule has 3 aromatic carbocycles. The van der Waals surface area contributed by atoms with E-state index >= 15 is 0 Å². The van der Waals surface area contributed by atoms with Crippen molar-refractivity contribution in [3.05, 3.63) is 78.4 Å². The highest BCUT2D eigenvalue weighted by Crippen LogP contribution is 2.33. The second-order valence-corrected chi connectivity index (χ2v) is 7.21. The average molecular weight is 358 g/mol. The smallest absolute Gasteiger partial charge is 0.143 e.